The zero-order valence-electron chi connectivity index (χ0n) is 12.6. The number of aliphatic imine (C=N–C) groups is 1. The lowest BCUT2D eigenvalue weighted by Gasteiger charge is -2.23. The van der Waals surface area contributed by atoms with Crippen LogP contribution in [0.5, 0.6) is 0 Å². The van der Waals surface area contributed by atoms with Gasteiger partial charge in [-0.05, 0) is 37.1 Å². The van der Waals surface area contributed by atoms with Crippen molar-refractivity contribution >= 4 is 33.5 Å². The lowest BCUT2D eigenvalue weighted by molar-refractivity contribution is -0.116. The predicted octanol–water partition coefficient (Wildman–Crippen LogP) is 3.01. The Morgan fingerprint density at radius 2 is 1.91 bits per heavy atom. The molecule has 1 amide bonds. The quantitative estimate of drug-likeness (QED) is 0.553. The van der Waals surface area contributed by atoms with Gasteiger partial charge >= 0.3 is 0 Å². The zero-order chi connectivity index (χ0) is 15.8. The van der Waals surface area contributed by atoms with E-state index in [-0.39, 0.29) is 5.91 Å². The van der Waals surface area contributed by atoms with Gasteiger partial charge in [0, 0.05) is 22.6 Å². The van der Waals surface area contributed by atoms with Crippen LogP contribution in [0.1, 0.15) is 38.5 Å². The summed E-state index contributed by atoms with van der Waals surface area (Å²) in [5.41, 5.74) is 6.64. The van der Waals surface area contributed by atoms with Crippen LogP contribution >= 0.6 is 15.9 Å². The monoisotopic (exact) mass is 366 g/mol. The Bertz CT molecular complexity index is 509. The van der Waals surface area contributed by atoms with E-state index in [4.69, 9.17) is 5.73 Å². The van der Waals surface area contributed by atoms with E-state index >= 15 is 0 Å². The van der Waals surface area contributed by atoms with Crippen LogP contribution in [0.25, 0.3) is 0 Å². The predicted molar refractivity (Wildman–Crippen MR) is 93.9 cm³/mol. The van der Waals surface area contributed by atoms with E-state index in [0.717, 1.165) is 23.0 Å². The number of carbonyl (C=O) groups is 1. The van der Waals surface area contributed by atoms with Crippen molar-refractivity contribution in [2.75, 3.05) is 11.9 Å². The largest absolute Gasteiger partial charge is 0.370 e. The van der Waals surface area contributed by atoms with E-state index in [0.29, 0.717) is 25.0 Å². The van der Waals surface area contributed by atoms with Crippen molar-refractivity contribution in [3.8, 4) is 0 Å². The van der Waals surface area contributed by atoms with Gasteiger partial charge in [-0.25, -0.2) is 0 Å². The van der Waals surface area contributed by atoms with Crippen molar-refractivity contribution in [1.82, 2.24) is 5.32 Å². The highest BCUT2D eigenvalue weighted by atomic mass is 79.9. The molecule has 0 spiro atoms. The molecule has 0 radical (unpaired) electrons. The summed E-state index contributed by atoms with van der Waals surface area (Å²) >= 11 is 3.36. The molecule has 22 heavy (non-hydrogen) atoms. The first kappa shape index (κ1) is 16.8. The minimum absolute atomic E-state index is 0.0588. The van der Waals surface area contributed by atoms with Gasteiger partial charge in [0.05, 0.1) is 6.54 Å². The number of nitrogens with one attached hydrogen (secondary N) is 2. The maximum atomic E-state index is 11.8. The number of amides is 1. The molecule has 0 aromatic heterocycles. The van der Waals surface area contributed by atoms with Crippen LogP contribution in [0, 0.1) is 0 Å². The van der Waals surface area contributed by atoms with Gasteiger partial charge in [0.15, 0.2) is 5.96 Å². The molecule has 5 nitrogen and oxygen atoms in total. The van der Waals surface area contributed by atoms with E-state index in [1.807, 2.05) is 24.3 Å². The molecule has 1 saturated carbocycles. The fourth-order valence-electron chi connectivity index (χ4n) is 2.54. The standard InChI is InChI=1S/C16H23BrN4O/c17-12-6-8-14(9-7-12)20-15(22)10-11-19-16(18)21-13-4-2-1-3-5-13/h6-9,13H,1-5,10-11H2,(H,20,22)(H3,18,19,21). The molecule has 0 aliphatic heterocycles. The Labute approximate surface area is 139 Å². The molecular formula is C16H23BrN4O. The molecule has 0 heterocycles. The first-order valence-corrected chi connectivity index (χ1v) is 8.54. The molecule has 2 rings (SSSR count). The van der Waals surface area contributed by atoms with Gasteiger partial charge in [-0.15, -0.1) is 0 Å². The number of nitrogens with zero attached hydrogens (tertiary/aromatic N) is 1. The molecule has 4 N–H and O–H groups in total. The van der Waals surface area contributed by atoms with Gasteiger partial charge < -0.3 is 16.4 Å². The van der Waals surface area contributed by atoms with Gasteiger partial charge in [-0.3, -0.25) is 9.79 Å². The molecular weight excluding hydrogens is 344 g/mol. The molecule has 1 fully saturated rings. The summed E-state index contributed by atoms with van der Waals surface area (Å²) in [5.74, 6) is 0.389. The van der Waals surface area contributed by atoms with Crippen LogP contribution in [0.15, 0.2) is 33.7 Å². The smallest absolute Gasteiger partial charge is 0.226 e. The molecule has 1 aromatic rings. The minimum Gasteiger partial charge on any atom is -0.370 e. The number of rotatable bonds is 5. The molecule has 6 heteroatoms. The van der Waals surface area contributed by atoms with Crippen LogP contribution in [0.3, 0.4) is 0 Å². The van der Waals surface area contributed by atoms with Crippen molar-refractivity contribution in [2.24, 2.45) is 10.7 Å². The van der Waals surface area contributed by atoms with Gasteiger partial charge in [0.25, 0.3) is 0 Å². The summed E-state index contributed by atoms with van der Waals surface area (Å²) in [4.78, 5) is 16.0. The van der Waals surface area contributed by atoms with Crippen LogP contribution < -0.4 is 16.4 Å². The number of anilines is 1. The number of guanidine groups is 1. The lowest BCUT2D eigenvalue weighted by atomic mass is 9.96. The van der Waals surface area contributed by atoms with Crippen molar-refractivity contribution in [2.45, 2.75) is 44.6 Å². The number of halogens is 1. The van der Waals surface area contributed by atoms with Crippen LogP contribution in [0.4, 0.5) is 5.69 Å². The molecule has 0 bridgehead atoms. The van der Waals surface area contributed by atoms with Gasteiger partial charge in [0.1, 0.15) is 0 Å². The first-order chi connectivity index (χ1) is 10.6. The van der Waals surface area contributed by atoms with Crippen LogP contribution in [-0.2, 0) is 4.79 Å². The maximum absolute atomic E-state index is 11.8. The van der Waals surface area contributed by atoms with E-state index < -0.39 is 0 Å². The number of nitrogens with two attached hydrogens (primary N) is 1. The summed E-state index contributed by atoms with van der Waals surface area (Å²) in [7, 11) is 0. The van der Waals surface area contributed by atoms with Gasteiger partial charge in [0.2, 0.25) is 5.91 Å². The molecule has 0 atom stereocenters. The number of carbonyl (C=O) groups excluding carboxylic acids is 1. The summed E-state index contributed by atoms with van der Waals surface area (Å²) in [6.07, 6.45) is 6.44. The molecule has 1 aliphatic carbocycles. The van der Waals surface area contributed by atoms with Crippen molar-refractivity contribution < 1.29 is 4.79 Å². The Morgan fingerprint density at radius 3 is 2.59 bits per heavy atom. The van der Waals surface area contributed by atoms with Crippen LogP contribution in [-0.4, -0.2) is 24.5 Å². The second kappa shape index (κ2) is 8.78. The van der Waals surface area contributed by atoms with Gasteiger partial charge in [-0.2, -0.15) is 0 Å². The van der Waals surface area contributed by atoms with Crippen LogP contribution in [0.2, 0.25) is 0 Å². The Balaban J connectivity index is 1.68. The number of hydrogen-bond acceptors (Lipinski definition) is 2. The second-order valence-corrected chi connectivity index (χ2v) is 6.47. The summed E-state index contributed by atoms with van der Waals surface area (Å²) in [6.45, 7) is 0.397. The van der Waals surface area contributed by atoms with E-state index in [2.05, 4.69) is 31.6 Å². The Morgan fingerprint density at radius 1 is 1.23 bits per heavy atom. The van der Waals surface area contributed by atoms with E-state index in [9.17, 15) is 4.79 Å². The first-order valence-electron chi connectivity index (χ1n) is 7.75. The highest BCUT2D eigenvalue weighted by Gasteiger charge is 2.13. The molecule has 1 aliphatic rings. The van der Waals surface area contributed by atoms with Crippen molar-refractivity contribution in [1.29, 1.82) is 0 Å². The molecule has 0 saturated heterocycles. The summed E-state index contributed by atoms with van der Waals surface area (Å²) in [6, 6.07) is 7.92. The molecule has 120 valence electrons. The van der Waals surface area contributed by atoms with Crippen molar-refractivity contribution in [3.63, 3.8) is 0 Å². The Hall–Kier alpha value is -1.56. The minimum atomic E-state index is -0.0588. The highest BCUT2D eigenvalue weighted by molar-refractivity contribution is 9.10. The third-order valence-corrected chi connectivity index (χ3v) is 4.23. The molecule has 0 unspecified atom stereocenters. The second-order valence-electron chi connectivity index (χ2n) is 5.55. The maximum Gasteiger partial charge on any atom is 0.226 e. The third kappa shape index (κ3) is 6.05. The molecule has 1 aromatic carbocycles. The number of benzene rings is 1. The van der Waals surface area contributed by atoms with E-state index in [1.165, 1.54) is 19.3 Å². The van der Waals surface area contributed by atoms with Gasteiger partial charge in [-0.1, -0.05) is 35.2 Å². The van der Waals surface area contributed by atoms with E-state index in [1.54, 1.807) is 0 Å². The fraction of sp³-hybridized carbons (Fsp3) is 0.500. The zero-order valence-corrected chi connectivity index (χ0v) is 14.2. The number of hydrogen-bond donors (Lipinski definition) is 3. The average molecular weight is 367 g/mol. The normalized spacial score (nSPS) is 16.3. The average Bonchev–Trinajstić information content (AvgIpc) is 2.50. The summed E-state index contributed by atoms with van der Waals surface area (Å²) < 4.78 is 0.983. The SMILES string of the molecule is NC(=NCCC(=O)Nc1ccc(Br)cc1)NC1CCCCC1. The lowest BCUT2D eigenvalue weighted by Crippen LogP contribution is -2.41. The highest BCUT2D eigenvalue weighted by Crippen LogP contribution is 2.17. The topological polar surface area (TPSA) is 79.5 Å². The van der Waals surface area contributed by atoms with Crippen molar-refractivity contribution in [3.05, 3.63) is 28.7 Å². The fourth-order valence-corrected chi connectivity index (χ4v) is 2.80. The third-order valence-electron chi connectivity index (χ3n) is 3.71. The Kier molecular flexibility index (Phi) is 6.71. The summed E-state index contributed by atoms with van der Waals surface area (Å²) in [5, 5.41) is 6.07.